The molecule has 3 heterocycles. The highest BCUT2D eigenvalue weighted by Crippen LogP contribution is 2.34. The van der Waals surface area contributed by atoms with E-state index in [1.54, 1.807) is 25.3 Å². The number of aromatic nitrogens is 3. The molecule has 0 saturated heterocycles. The minimum atomic E-state index is -4.75. The van der Waals surface area contributed by atoms with Crippen LogP contribution in [-0.2, 0) is 10.4 Å². The van der Waals surface area contributed by atoms with Gasteiger partial charge in [0.1, 0.15) is 17.1 Å². The lowest BCUT2D eigenvalue weighted by molar-refractivity contribution is -0.274. The van der Waals surface area contributed by atoms with E-state index in [4.69, 9.17) is 14.0 Å². The summed E-state index contributed by atoms with van der Waals surface area (Å²) in [6.07, 6.45) is 1.13. The van der Waals surface area contributed by atoms with E-state index < -0.39 is 12.0 Å². The predicted octanol–water partition coefficient (Wildman–Crippen LogP) is 3.70. The Morgan fingerprint density at radius 2 is 1.90 bits per heavy atom. The first kappa shape index (κ1) is 18.7. The van der Waals surface area contributed by atoms with Crippen LogP contribution in [0.15, 0.2) is 65.5 Å². The first-order valence-electron chi connectivity index (χ1n) is 8.23. The first-order chi connectivity index (χ1) is 13.8. The van der Waals surface area contributed by atoms with Crippen LogP contribution in [0, 0.1) is 0 Å². The van der Waals surface area contributed by atoms with Crippen LogP contribution >= 0.6 is 0 Å². The number of hydroxylamine groups is 1. The van der Waals surface area contributed by atoms with Crippen LogP contribution in [0.25, 0.3) is 11.5 Å². The fraction of sp³-hybridized carbons (Fsp3) is 0.167. The van der Waals surface area contributed by atoms with Gasteiger partial charge in [0.05, 0.1) is 11.8 Å². The van der Waals surface area contributed by atoms with Gasteiger partial charge in [0.15, 0.2) is 0 Å². The van der Waals surface area contributed by atoms with Gasteiger partial charge in [-0.3, -0.25) is 9.82 Å². The predicted molar refractivity (Wildman–Crippen MR) is 90.9 cm³/mol. The van der Waals surface area contributed by atoms with Gasteiger partial charge in [-0.15, -0.1) is 23.4 Å². The second-order valence-corrected chi connectivity index (χ2v) is 6.15. The molecule has 0 aliphatic carbocycles. The Morgan fingerprint density at radius 1 is 1.10 bits per heavy atom. The average molecular weight is 406 g/mol. The van der Waals surface area contributed by atoms with Crippen molar-refractivity contribution >= 4 is 0 Å². The molecule has 0 unspecified atom stereocenters. The molecule has 1 atom stereocenters. The molecule has 11 heteroatoms. The van der Waals surface area contributed by atoms with E-state index in [0.717, 1.165) is 0 Å². The average Bonchev–Trinajstić information content (AvgIpc) is 3.32. The molecular weight excluding hydrogens is 393 g/mol. The van der Waals surface area contributed by atoms with E-state index in [9.17, 15) is 13.2 Å². The molecule has 0 bridgehead atoms. The zero-order chi connectivity index (χ0) is 20.5. The summed E-state index contributed by atoms with van der Waals surface area (Å²) in [5.41, 5.74) is 2.85. The van der Waals surface area contributed by atoms with Crippen LogP contribution < -0.4 is 15.0 Å². The Morgan fingerprint density at radius 3 is 2.59 bits per heavy atom. The minimum Gasteiger partial charge on any atom is -0.438 e. The third-order valence-electron chi connectivity index (χ3n) is 3.98. The molecule has 1 aromatic carbocycles. The molecule has 1 aliphatic heterocycles. The summed E-state index contributed by atoms with van der Waals surface area (Å²) in [5, 5.41) is 7.41. The summed E-state index contributed by atoms with van der Waals surface area (Å²) in [6.45, 7) is 1.73. The van der Waals surface area contributed by atoms with Crippen molar-refractivity contribution in [3.8, 4) is 23.0 Å². The number of nitrogens with zero attached hydrogens (tertiary/aromatic N) is 3. The first-order valence-corrected chi connectivity index (χ1v) is 8.23. The maximum Gasteiger partial charge on any atom is 0.573 e. The van der Waals surface area contributed by atoms with E-state index in [1.807, 2.05) is 0 Å². The van der Waals surface area contributed by atoms with Crippen LogP contribution in [0.5, 0.6) is 11.5 Å². The second kappa shape index (κ2) is 7.09. The van der Waals surface area contributed by atoms with E-state index in [2.05, 4.69) is 25.4 Å². The van der Waals surface area contributed by atoms with Crippen molar-refractivity contribution in [1.82, 2.24) is 20.7 Å². The number of benzene rings is 1. The molecule has 0 saturated carbocycles. The van der Waals surface area contributed by atoms with Gasteiger partial charge in [0.25, 0.3) is 0 Å². The van der Waals surface area contributed by atoms with Gasteiger partial charge in [-0.1, -0.05) is 12.1 Å². The minimum absolute atomic E-state index is 0.285. The molecule has 1 aliphatic rings. The summed E-state index contributed by atoms with van der Waals surface area (Å²) in [7, 11) is 0. The van der Waals surface area contributed by atoms with Gasteiger partial charge in [-0.05, 0) is 30.7 Å². The van der Waals surface area contributed by atoms with Gasteiger partial charge < -0.3 is 13.9 Å². The number of hydrogen-bond donors (Lipinski definition) is 1. The molecule has 0 radical (unpaired) electrons. The molecule has 1 N–H and O–H groups in total. The highest BCUT2D eigenvalue weighted by atomic mass is 19.4. The van der Waals surface area contributed by atoms with Gasteiger partial charge in [-0.2, -0.15) is 0 Å². The highest BCUT2D eigenvalue weighted by molar-refractivity contribution is 5.53. The Kier molecular flexibility index (Phi) is 4.59. The summed E-state index contributed by atoms with van der Waals surface area (Å²) in [4.78, 5) is 9.62. The van der Waals surface area contributed by atoms with Crippen LogP contribution in [0.2, 0.25) is 0 Å². The van der Waals surface area contributed by atoms with Crippen LogP contribution in [0.1, 0.15) is 12.5 Å². The number of pyridine rings is 1. The maximum absolute atomic E-state index is 12.3. The normalized spacial score (nSPS) is 18.8. The molecule has 8 nitrogen and oxygen atoms in total. The van der Waals surface area contributed by atoms with Crippen molar-refractivity contribution in [2.75, 3.05) is 0 Å². The fourth-order valence-electron chi connectivity index (χ4n) is 2.66. The summed E-state index contributed by atoms with van der Waals surface area (Å²) >= 11 is 0. The van der Waals surface area contributed by atoms with Crippen molar-refractivity contribution < 1.29 is 31.9 Å². The molecule has 0 spiro atoms. The molecule has 2 aromatic heterocycles. The van der Waals surface area contributed by atoms with Gasteiger partial charge in [0, 0.05) is 12.3 Å². The molecule has 29 heavy (non-hydrogen) atoms. The zero-order valence-corrected chi connectivity index (χ0v) is 14.8. The van der Waals surface area contributed by atoms with Crippen molar-refractivity contribution in [3.63, 3.8) is 0 Å². The van der Waals surface area contributed by atoms with Gasteiger partial charge in [-0.25, -0.2) is 5.48 Å². The van der Waals surface area contributed by atoms with E-state index in [1.165, 1.54) is 36.9 Å². The summed E-state index contributed by atoms with van der Waals surface area (Å²) in [5.74, 6) is 0.646. The van der Waals surface area contributed by atoms with E-state index >= 15 is 0 Å². The topological polar surface area (TPSA) is 91.5 Å². The Labute approximate surface area is 161 Å². The zero-order valence-electron chi connectivity index (χ0n) is 14.8. The lowest BCUT2D eigenvalue weighted by atomic mass is 9.96. The van der Waals surface area contributed by atoms with Crippen LogP contribution in [0.4, 0.5) is 13.2 Å². The van der Waals surface area contributed by atoms with Gasteiger partial charge in [0.2, 0.25) is 18.2 Å². The number of rotatable bonds is 5. The standard InChI is InChI=1S/C18H13F3N4O4/c1-17(12-2-4-13(5-3-12)28-18(19,20)21)7-15(25-29-17)27-14-6-11(8-22-9-14)16-24-23-10-26-16/h2-10,25H,1H3/t17-/m1/s1. The monoisotopic (exact) mass is 406 g/mol. The molecular formula is C18H13F3N4O4. The fourth-order valence-corrected chi connectivity index (χ4v) is 2.66. The van der Waals surface area contributed by atoms with Crippen LogP contribution in [-0.4, -0.2) is 21.5 Å². The Balaban J connectivity index is 1.49. The highest BCUT2D eigenvalue weighted by Gasteiger charge is 2.34. The number of ether oxygens (including phenoxy) is 2. The largest absolute Gasteiger partial charge is 0.573 e. The number of halogens is 3. The van der Waals surface area contributed by atoms with E-state index in [0.29, 0.717) is 22.8 Å². The summed E-state index contributed by atoms with van der Waals surface area (Å²) in [6, 6.07) is 7.02. The molecule has 0 amide bonds. The van der Waals surface area contributed by atoms with Crippen molar-refractivity contribution in [2.45, 2.75) is 18.9 Å². The van der Waals surface area contributed by atoms with Crippen molar-refractivity contribution in [3.05, 3.63) is 66.6 Å². The van der Waals surface area contributed by atoms with Crippen molar-refractivity contribution in [2.24, 2.45) is 0 Å². The molecule has 150 valence electrons. The quantitative estimate of drug-likeness (QED) is 0.686. The van der Waals surface area contributed by atoms with Crippen LogP contribution in [0.3, 0.4) is 0 Å². The van der Waals surface area contributed by atoms with E-state index in [-0.39, 0.29) is 11.6 Å². The van der Waals surface area contributed by atoms with Gasteiger partial charge >= 0.3 is 6.36 Å². The lowest BCUT2D eigenvalue weighted by Crippen LogP contribution is -2.23. The summed E-state index contributed by atoms with van der Waals surface area (Å²) < 4.78 is 51.6. The molecule has 4 rings (SSSR count). The third kappa shape index (κ3) is 4.29. The smallest absolute Gasteiger partial charge is 0.438 e. The number of alkyl halides is 3. The number of nitrogens with one attached hydrogen (secondary N) is 1. The maximum atomic E-state index is 12.3. The lowest BCUT2D eigenvalue weighted by Gasteiger charge is -2.20. The third-order valence-corrected chi connectivity index (χ3v) is 3.98. The second-order valence-electron chi connectivity index (χ2n) is 6.15. The SMILES string of the molecule is C[C@]1(c2ccc(OC(F)(F)F)cc2)C=C(Oc2cncc(-c3nnco3)c2)NO1. The Hall–Kier alpha value is -3.60. The Bertz CT molecular complexity index is 1020. The molecule has 3 aromatic rings. The van der Waals surface area contributed by atoms with Crippen molar-refractivity contribution in [1.29, 1.82) is 0 Å². The molecule has 0 fully saturated rings. The number of hydrogen-bond acceptors (Lipinski definition) is 8.